The number of nitrogens with zero attached hydrogens (tertiary/aromatic N) is 2. The molecule has 0 saturated carbocycles. The smallest absolute Gasteiger partial charge is 0.294 e. The van der Waals surface area contributed by atoms with E-state index >= 15 is 0 Å². The van der Waals surface area contributed by atoms with Crippen molar-refractivity contribution >= 4 is 33.7 Å². The second-order valence-electron chi connectivity index (χ2n) is 8.97. The van der Waals surface area contributed by atoms with Crippen LogP contribution in [0, 0.1) is 6.92 Å². The van der Waals surface area contributed by atoms with E-state index in [0.29, 0.717) is 13.1 Å². The molecule has 2 aliphatic heterocycles. The zero-order chi connectivity index (χ0) is 24.6. The van der Waals surface area contributed by atoms with Gasteiger partial charge in [-0.2, -0.15) is 8.42 Å². The normalized spacial score (nSPS) is 23.2. The third-order valence-electron chi connectivity index (χ3n) is 5.55. The number of benzene rings is 2. The molecule has 2 aromatic rings. The van der Waals surface area contributed by atoms with E-state index < -0.39 is 15.7 Å². The van der Waals surface area contributed by atoms with Crippen molar-refractivity contribution in [2.45, 2.75) is 47.9 Å². The molecule has 2 fully saturated rings. The highest BCUT2D eigenvalue weighted by atomic mass is 32.2. The van der Waals surface area contributed by atoms with Crippen LogP contribution in [-0.2, 0) is 26.3 Å². The summed E-state index contributed by atoms with van der Waals surface area (Å²) in [6, 6.07) is 15.7. The number of carbonyl (C=O) groups excluding carboxylic acids is 2. The summed E-state index contributed by atoms with van der Waals surface area (Å²) in [6.45, 7) is 7.08. The molecular formula is C23H29N3O5S2. The van der Waals surface area contributed by atoms with Gasteiger partial charge in [-0.3, -0.25) is 14.1 Å². The number of hydrogen-bond acceptors (Lipinski definition) is 6. The molecule has 2 amide bonds. The van der Waals surface area contributed by atoms with Gasteiger partial charge in [0.15, 0.2) is 0 Å². The summed E-state index contributed by atoms with van der Waals surface area (Å²) in [7, 11) is -2.32. The Labute approximate surface area is 198 Å². The number of carbonyl (C=O) groups is 2. The molecular weight excluding hydrogens is 462 g/mol. The van der Waals surface area contributed by atoms with Crippen molar-refractivity contribution in [1.29, 1.82) is 0 Å². The molecule has 8 nitrogen and oxygen atoms in total. The van der Waals surface area contributed by atoms with E-state index in [0.717, 1.165) is 11.1 Å². The second-order valence-corrected chi connectivity index (χ2v) is 12.2. The molecule has 2 aromatic carbocycles. The predicted molar refractivity (Wildman–Crippen MR) is 128 cm³/mol. The van der Waals surface area contributed by atoms with Crippen molar-refractivity contribution < 1.29 is 22.6 Å². The molecule has 1 unspecified atom stereocenters. The lowest BCUT2D eigenvalue weighted by molar-refractivity contribution is -0.163. The van der Waals surface area contributed by atoms with Crippen LogP contribution in [0.15, 0.2) is 59.5 Å². The third-order valence-corrected chi connectivity index (χ3v) is 8.04. The Kier molecular flexibility index (Phi) is 6.95. The summed E-state index contributed by atoms with van der Waals surface area (Å²) < 4.78 is 29.5. The maximum absolute atomic E-state index is 12.8. The van der Waals surface area contributed by atoms with Gasteiger partial charge >= 0.3 is 0 Å². The number of amides is 2. The molecule has 2 aliphatic rings. The minimum atomic E-state index is -4.02. The van der Waals surface area contributed by atoms with E-state index in [4.69, 9.17) is 10.3 Å². The highest BCUT2D eigenvalue weighted by molar-refractivity contribution is 8.01. The van der Waals surface area contributed by atoms with Gasteiger partial charge in [0, 0.05) is 24.9 Å². The third kappa shape index (κ3) is 5.24. The van der Waals surface area contributed by atoms with Crippen molar-refractivity contribution in [3.05, 3.63) is 65.7 Å². The molecule has 2 heterocycles. The fourth-order valence-corrected chi connectivity index (χ4v) is 5.83. The van der Waals surface area contributed by atoms with Gasteiger partial charge in [0.05, 0.1) is 4.90 Å². The summed E-state index contributed by atoms with van der Waals surface area (Å²) >= 11 is 1.61. The van der Waals surface area contributed by atoms with Gasteiger partial charge in [-0.25, -0.2) is 0 Å². The first kappa shape index (κ1) is 25.2. The van der Waals surface area contributed by atoms with Gasteiger partial charge in [-0.15, -0.1) is 11.8 Å². The fourth-order valence-electron chi connectivity index (χ4n) is 3.84. The average Bonchev–Trinajstić information content (AvgIpc) is 3.06. The quantitative estimate of drug-likeness (QED) is 0.382. The topological polar surface area (TPSA) is 121 Å². The molecule has 0 aliphatic carbocycles. The summed E-state index contributed by atoms with van der Waals surface area (Å²) in [5.41, 5.74) is 6.81. The van der Waals surface area contributed by atoms with E-state index in [1.807, 2.05) is 37.3 Å². The standard InChI is InChI=1S/C16H21N3O2S.C7H8O3S/c1-15(2)10-19-13(21)16(17,14(19)22-15)12(20)18(3)9-11-7-5-4-6-8-11;1-6-2-4-7(5-3-6)11(8,9)10/h4-8,14H,9-10,17H2,1-3H3;2-5H,1H3,(H,8,9,10)/t14-,16?;/m1./s1. The number of aryl methyl sites for hydroxylation is 1. The van der Waals surface area contributed by atoms with Crippen LogP contribution in [0.3, 0.4) is 0 Å². The zero-order valence-corrected chi connectivity index (χ0v) is 20.7. The number of thioether (sulfide) groups is 1. The lowest BCUT2D eigenvalue weighted by Crippen LogP contribution is -2.80. The van der Waals surface area contributed by atoms with Crippen LogP contribution in [0.25, 0.3) is 0 Å². The summed E-state index contributed by atoms with van der Waals surface area (Å²) in [4.78, 5) is 28.4. The molecule has 3 N–H and O–H groups in total. The minimum absolute atomic E-state index is 0.0558. The van der Waals surface area contributed by atoms with Crippen LogP contribution in [0.5, 0.6) is 0 Å². The van der Waals surface area contributed by atoms with Crippen molar-refractivity contribution in [2.75, 3.05) is 13.6 Å². The molecule has 0 bridgehead atoms. The minimum Gasteiger partial charge on any atom is -0.339 e. The van der Waals surface area contributed by atoms with E-state index in [2.05, 4.69) is 13.8 Å². The molecule has 10 heteroatoms. The SMILES string of the molecule is CN(Cc1ccccc1)C(=O)C1(N)C(=O)N2CC(C)(C)S[C@@H]21.Cc1ccc(S(=O)(=O)O)cc1. The summed E-state index contributed by atoms with van der Waals surface area (Å²) in [5.74, 6) is -0.548. The highest BCUT2D eigenvalue weighted by Crippen LogP contribution is 2.50. The number of rotatable bonds is 4. The van der Waals surface area contributed by atoms with Crippen molar-refractivity contribution in [3.63, 3.8) is 0 Å². The Morgan fingerprint density at radius 3 is 2.30 bits per heavy atom. The molecule has 0 radical (unpaired) electrons. The number of likely N-dealkylation sites (N-methyl/N-ethyl adjacent to an activating group) is 1. The molecule has 4 rings (SSSR count). The maximum atomic E-state index is 12.8. The fraction of sp³-hybridized carbons (Fsp3) is 0.391. The first-order valence-electron chi connectivity index (χ1n) is 10.4. The highest BCUT2D eigenvalue weighted by Gasteiger charge is 2.68. The van der Waals surface area contributed by atoms with E-state index in [-0.39, 0.29) is 26.8 Å². The largest absolute Gasteiger partial charge is 0.339 e. The van der Waals surface area contributed by atoms with Crippen molar-refractivity contribution in [1.82, 2.24) is 9.80 Å². The van der Waals surface area contributed by atoms with Crippen LogP contribution in [-0.4, -0.2) is 63.8 Å². The molecule has 2 saturated heterocycles. The van der Waals surface area contributed by atoms with E-state index in [1.165, 1.54) is 12.1 Å². The van der Waals surface area contributed by atoms with Crippen molar-refractivity contribution in [3.8, 4) is 0 Å². The van der Waals surface area contributed by atoms with Gasteiger partial charge in [0.2, 0.25) is 5.54 Å². The molecule has 0 aromatic heterocycles. The lowest BCUT2D eigenvalue weighted by atomic mass is 9.87. The maximum Gasteiger partial charge on any atom is 0.294 e. The van der Waals surface area contributed by atoms with Crippen LogP contribution >= 0.6 is 11.8 Å². The van der Waals surface area contributed by atoms with E-state index in [1.54, 1.807) is 40.7 Å². The zero-order valence-electron chi connectivity index (χ0n) is 19.1. The number of nitrogens with two attached hydrogens (primary N) is 1. The Hall–Kier alpha value is -2.40. The Balaban J connectivity index is 0.000000235. The van der Waals surface area contributed by atoms with Crippen LogP contribution in [0.2, 0.25) is 0 Å². The second kappa shape index (κ2) is 9.09. The van der Waals surface area contributed by atoms with Gasteiger partial charge in [-0.1, -0.05) is 48.0 Å². The Morgan fingerprint density at radius 2 is 1.76 bits per heavy atom. The van der Waals surface area contributed by atoms with Crippen LogP contribution in [0.4, 0.5) is 0 Å². The van der Waals surface area contributed by atoms with Gasteiger partial charge < -0.3 is 15.5 Å². The Morgan fingerprint density at radius 1 is 1.18 bits per heavy atom. The molecule has 2 atom stereocenters. The summed E-state index contributed by atoms with van der Waals surface area (Å²) in [6.07, 6.45) is 0. The van der Waals surface area contributed by atoms with Crippen LogP contribution < -0.4 is 5.73 Å². The molecule has 33 heavy (non-hydrogen) atoms. The van der Waals surface area contributed by atoms with E-state index in [9.17, 15) is 18.0 Å². The van der Waals surface area contributed by atoms with Crippen molar-refractivity contribution in [2.24, 2.45) is 5.73 Å². The molecule has 0 spiro atoms. The van der Waals surface area contributed by atoms with Gasteiger partial charge in [-0.05, 0) is 38.5 Å². The predicted octanol–water partition coefficient (Wildman–Crippen LogP) is 2.28. The Bertz CT molecular complexity index is 1140. The van der Waals surface area contributed by atoms with Crippen LogP contribution in [0.1, 0.15) is 25.0 Å². The number of fused-ring (bicyclic) bond motifs is 1. The monoisotopic (exact) mass is 491 g/mol. The first-order chi connectivity index (χ1) is 15.3. The number of β-lactam (4-membered cyclic amide) rings is 1. The number of hydrogen-bond donors (Lipinski definition) is 2. The molecule has 178 valence electrons. The van der Waals surface area contributed by atoms with Gasteiger partial charge in [0.1, 0.15) is 5.37 Å². The average molecular weight is 492 g/mol. The summed E-state index contributed by atoms with van der Waals surface area (Å²) in [5, 5.41) is -0.249. The lowest BCUT2D eigenvalue weighted by Gasteiger charge is -2.49. The van der Waals surface area contributed by atoms with Gasteiger partial charge in [0.25, 0.3) is 21.9 Å². The first-order valence-corrected chi connectivity index (χ1v) is 12.7.